The van der Waals surface area contributed by atoms with Crippen LogP contribution >= 0.6 is 0 Å². The normalized spacial score (nSPS) is 11.9. The second-order valence-corrected chi connectivity index (χ2v) is 4.15. The minimum atomic E-state index is -4.37. The van der Waals surface area contributed by atoms with Gasteiger partial charge in [0.05, 0.1) is 29.6 Å². The molecule has 3 nitrogen and oxygen atoms in total. The van der Waals surface area contributed by atoms with Gasteiger partial charge in [-0.15, -0.1) is 0 Å². The van der Waals surface area contributed by atoms with E-state index in [1.165, 1.54) is 6.07 Å². The number of benzene rings is 1. The molecule has 0 aliphatic heterocycles. The number of anilines is 2. The summed E-state index contributed by atoms with van der Waals surface area (Å²) in [5, 5.41) is 2.93. The molecule has 0 spiro atoms. The van der Waals surface area contributed by atoms with Crippen LogP contribution in [0, 0.1) is 0 Å². The van der Waals surface area contributed by atoms with Crippen molar-refractivity contribution in [3.63, 3.8) is 0 Å². The van der Waals surface area contributed by atoms with Gasteiger partial charge < -0.3 is 15.8 Å². The third kappa shape index (κ3) is 4.44. The quantitative estimate of drug-likeness (QED) is 0.633. The van der Waals surface area contributed by atoms with E-state index in [0.717, 1.165) is 12.1 Å². The molecule has 0 unspecified atom stereocenters. The van der Waals surface area contributed by atoms with Gasteiger partial charge in [-0.2, -0.15) is 13.2 Å². The van der Waals surface area contributed by atoms with Crippen LogP contribution in [-0.4, -0.2) is 19.3 Å². The molecule has 0 bridgehead atoms. The van der Waals surface area contributed by atoms with Gasteiger partial charge in [0.2, 0.25) is 0 Å². The van der Waals surface area contributed by atoms with E-state index in [9.17, 15) is 13.2 Å². The van der Waals surface area contributed by atoms with Gasteiger partial charge in [-0.25, -0.2) is 0 Å². The summed E-state index contributed by atoms with van der Waals surface area (Å²) in [4.78, 5) is 0. The van der Waals surface area contributed by atoms with Crippen molar-refractivity contribution >= 4 is 11.4 Å². The number of nitrogens with two attached hydrogens (primary N) is 1. The predicted octanol–water partition coefficient (Wildman–Crippen LogP) is 3.12. The molecule has 0 heterocycles. The highest BCUT2D eigenvalue weighted by Gasteiger charge is 2.30. The molecule has 0 atom stereocenters. The zero-order valence-corrected chi connectivity index (χ0v) is 10.3. The first-order chi connectivity index (χ1) is 8.30. The maximum absolute atomic E-state index is 12.4. The van der Waals surface area contributed by atoms with E-state index in [-0.39, 0.29) is 11.8 Å². The molecule has 6 heteroatoms. The summed E-state index contributed by atoms with van der Waals surface area (Å²) in [5.74, 6) is 0. The lowest BCUT2D eigenvalue weighted by Gasteiger charge is -2.13. The number of ether oxygens (including phenoxy) is 1. The summed E-state index contributed by atoms with van der Waals surface area (Å²) in [6.45, 7) is 4.78. The highest BCUT2D eigenvalue weighted by Crippen LogP contribution is 2.32. The zero-order valence-electron chi connectivity index (χ0n) is 10.3. The summed E-state index contributed by atoms with van der Waals surface area (Å²) in [7, 11) is 0. The minimum Gasteiger partial charge on any atom is -0.397 e. The Morgan fingerprint density at radius 3 is 2.50 bits per heavy atom. The Labute approximate surface area is 104 Å². The second kappa shape index (κ2) is 5.95. The summed E-state index contributed by atoms with van der Waals surface area (Å²) in [6, 6.07) is 3.25. The number of rotatable bonds is 5. The lowest BCUT2D eigenvalue weighted by molar-refractivity contribution is -0.137. The average Bonchev–Trinajstić information content (AvgIpc) is 2.24. The van der Waals surface area contributed by atoms with Crippen LogP contribution in [-0.2, 0) is 10.9 Å². The molecule has 102 valence electrons. The van der Waals surface area contributed by atoms with Crippen LogP contribution in [0.2, 0.25) is 0 Å². The third-order valence-electron chi connectivity index (χ3n) is 2.25. The van der Waals surface area contributed by atoms with E-state index < -0.39 is 11.7 Å². The second-order valence-electron chi connectivity index (χ2n) is 4.15. The molecule has 3 N–H and O–H groups in total. The predicted molar refractivity (Wildman–Crippen MR) is 65.4 cm³/mol. The number of nitrogens with one attached hydrogen (secondary N) is 1. The van der Waals surface area contributed by atoms with Gasteiger partial charge in [-0.1, -0.05) is 0 Å². The van der Waals surface area contributed by atoms with Crippen molar-refractivity contribution in [2.75, 3.05) is 24.2 Å². The van der Waals surface area contributed by atoms with Gasteiger partial charge in [-0.3, -0.25) is 0 Å². The van der Waals surface area contributed by atoms with Crippen LogP contribution < -0.4 is 11.1 Å². The molecule has 0 radical (unpaired) electrons. The van der Waals surface area contributed by atoms with Crippen LogP contribution in [0.3, 0.4) is 0 Å². The van der Waals surface area contributed by atoms with Gasteiger partial charge in [0, 0.05) is 6.54 Å². The molecular weight excluding hydrogens is 245 g/mol. The molecule has 0 aliphatic carbocycles. The number of hydrogen-bond acceptors (Lipinski definition) is 3. The van der Waals surface area contributed by atoms with E-state index in [2.05, 4.69) is 5.32 Å². The number of halogens is 3. The molecule has 0 amide bonds. The molecule has 0 fully saturated rings. The Kier molecular flexibility index (Phi) is 4.84. The van der Waals surface area contributed by atoms with E-state index >= 15 is 0 Å². The highest BCUT2D eigenvalue weighted by molar-refractivity contribution is 5.67. The maximum Gasteiger partial charge on any atom is 0.416 e. The monoisotopic (exact) mass is 262 g/mol. The lowest BCUT2D eigenvalue weighted by Crippen LogP contribution is -2.14. The summed E-state index contributed by atoms with van der Waals surface area (Å²) in [5.41, 5.74) is 5.37. The maximum atomic E-state index is 12.4. The molecule has 0 aliphatic rings. The van der Waals surface area contributed by atoms with Crippen LogP contribution in [0.5, 0.6) is 0 Å². The van der Waals surface area contributed by atoms with Gasteiger partial charge in [0.25, 0.3) is 0 Å². The van der Waals surface area contributed by atoms with Crippen molar-refractivity contribution in [2.24, 2.45) is 0 Å². The van der Waals surface area contributed by atoms with Crippen LogP contribution in [0.1, 0.15) is 19.4 Å². The van der Waals surface area contributed by atoms with Crippen molar-refractivity contribution in [1.82, 2.24) is 0 Å². The smallest absolute Gasteiger partial charge is 0.397 e. The standard InChI is InChI=1S/C12H17F3N2O/c1-8(2)18-6-5-17-11-4-3-9(7-10(11)16)12(13,14)15/h3-4,7-8,17H,5-6,16H2,1-2H3. The van der Waals surface area contributed by atoms with E-state index in [1.54, 1.807) is 0 Å². The van der Waals surface area contributed by atoms with Gasteiger partial charge in [-0.05, 0) is 32.0 Å². The van der Waals surface area contributed by atoms with E-state index in [0.29, 0.717) is 18.8 Å². The fourth-order valence-corrected chi connectivity index (χ4v) is 1.38. The van der Waals surface area contributed by atoms with Crippen LogP contribution in [0.4, 0.5) is 24.5 Å². The SMILES string of the molecule is CC(C)OCCNc1ccc(C(F)(F)F)cc1N. The van der Waals surface area contributed by atoms with Gasteiger partial charge in [0.15, 0.2) is 0 Å². The van der Waals surface area contributed by atoms with Crippen molar-refractivity contribution in [3.8, 4) is 0 Å². The average molecular weight is 262 g/mol. The van der Waals surface area contributed by atoms with Crippen LogP contribution in [0.25, 0.3) is 0 Å². The number of alkyl halides is 3. The molecule has 0 saturated carbocycles. The first kappa shape index (κ1) is 14.6. The third-order valence-corrected chi connectivity index (χ3v) is 2.25. The highest BCUT2D eigenvalue weighted by atomic mass is 19.4. The first-order valence-corrected chi connectivity index (χ1v) is 5.63. The number of hydrogen-bond donors (Lipinski definition) is 2. The topological polar surface area (TPSA) is 47.3 Å². The Morgan fingerprint density at radius 1 is 1.33 bits per heavy atom. The Morgan fingerprint density at radius 2 is 2.00 bits per heavy atom. The van der Waals surface area contributed by atoms with Crippen molar-refractivity contribution in [2.45, 2.75) is 26.1 Å². The molecular formula is C12H17F3N2O. The Balaban J connectivity index is 2.58. The van der Waals surface area contributed by atoms with Gasteiger partial charge in [0.1, 0.15) is 0 Å². The lowest BCUT2D eigenvalue weighted by atomic mass is 10.1. The fraction of sp³-hybridized carbons (Fsp3) is 0.500. The number of nitrogen functional groups attached to an aromatic ring is 1. The Hall–Kier alpha value is -1.43. The van der Waals surface area contributed by atoms with E-state index in [4.69, 9.17) is 10.5 Å². The fourth-order valence-electron chi connectivity index (χ4n) is 1.38. The molecule has 1 aromatic carbocycles. The first-order valence-electron chi connectivity index (χ1n) is 5.63. The molecule has 1 rings (SSSR count). The molecule has 0 aromatic heterocycles. The minimum absolute atomic E-state index is 0.0781. The molecule has 0 saturated heterocycles. The van der Waals surface area contributed by atoms with Crippen molar-refractivity contribution in [1.29, 1.82) is 0 Å². The Bertz CT molecular complexity index is 391. The van der Waals surface area contributed by atoms with Crippen molar-refractivity contribution < 1.29 is 17.9 Å². The summed E-state index contributed by atoms with van der Waals surface area (Å²) < 4.78 is 42.5. The summed E-state index contributed by atoms with van der Waals surface area (Å²) in [6.07, 6.45) is -4.25. The van der Waals surface area contributed by atoms with Crippen LogP contribution in [0.15, 0.2) is 18.2 Å². The molecule has 18 heavy (non-hydrogen) atoms. The van der Waals surface area contributed by atoms with E-state index in [1.807, 2.05) is 13.8 Å². The zero-order chi connectivity index (χ0) is 13.8. The molecule has 1 aromatic rings. The largest absolute Gasteiger partial charge is 0.416 e. The summed E-state index contributed by atoms with van der Waals surface area (Å²) >= 11 is 0. The van der Waals surface area contributed by atoms with Gasteiger partial charge >= 0.3 is 6.18 Å². The van der Waals surface area contributed by atoms with Crippen molar-refractivity contribution in [3.05, 3.63) is 23.8 Å².